The molecule has 0 radical (unpaired) electrons. The molecule has 1 unspecified atom stereocenters. The van der Waals surface area contributed by atoms with Crippen LogP contribution in [0.3, 0.4) is 0 Å². The average molecular weight is 413 g/mol. The maximum Gasteiger partial charge on any atom is 0.306 e. The van der Waals surface area contributed by atoms with E-state index in [4.69, 9.17) is 4.74 Å². The highest BCUT2D eigenvalue weighted by atomic mass is 16.6. The summed E-state index contributed by atoms with van der Waals surface area (Å²) in [6.45, 7) is 8.93. The minimum Gasteiger partial charge on any atom is -0.460 e. The van der Waals surface area contributed by atoms with Gasteiger partial charge < -0.3 is 15.4 Å². The Hall–Kier alpha value is -1.65. The molecule has 0 amide bonds. The van der Waals surface area contributed by atoms with E-state index in [0.717, 1.165) is 13.0 Å². The Morgan fingerprint density at radius 2 is 1.77 bits per heavy atom. The second-order valence-electron chi connectivity index (χ2n) is 10.1. The van der Waals surface area contributed by atoms with Crippen LogP contribution in [0.2, 0.25) is 0 Å². The number of ether oxygens (including phenoxy) is 1. The molecule has 0 aromatic heterocycles. The van der Waals surface area contributed by atoms with Gasteiger partial charge in [0.1, 0.15) is 5.60 Å². The van der Waals surface area contributed by atoms with E-state index in [2.05, 4.69) is 54.0 Å². The summed E-state index contributed by atoms with van der Waals surface area (Å²) in [5.74, 6) is 0.613. The fourth-order valence-corrected chi connectivity index (χ4v) is 4.50. The Morgan fingerprint density at radius 3 is 2.43 bits per heavy atom. The van der Waals surface area contributed by atoms with Gasteiger partial charge in [0, 0.05) is 24.5 Å². The molecule has 0 heterocycles. The van der Waals surface area contributed by atoms with Crippen LogP contribution in [-0.4, -0.2) is 36.2 Å². The van der Waals surface area contributed by atoms with Gasteiger partial charge in [-0.1, -0.05) is 42.0 Å². The third-order valence-electron chi connectivity index (χ3n) is 6.16. The maximum atomic E-state index is 11.8. The number of benzene rings is 1. The lowest BCUT2D eigenvalue weighted by Crippen LogP contribution is -2.41. The van der Waals surface area contributed by atoms with Gasteiger partial charge >= 0.3 is 5.97 Å². The van der Waals surface area contributed by atoms with Gasteiger partial charge in [0.05, 0.1) is 0 Å². The Morgan fingerprint density at radius 1 is 1.10 bits per heavy atom. The van der Waals surface area contributed by atoms with E-state index in [1.54, 1.807) is 0 Å². The Kier molecular flexibility index (Phi) is 8.13. The zero-order chi connectivity index (χ0) is 21.6. The molecule has 1 aromatic carbocycles. The van der Waals surface area contributed by atoms with E-state index in [9.17, 15) is 4.79 Å². The van der Waals surface area contributed by atoms with Crippen LogP contribution in [0.15, 0.2) is 35.9 Å². The van der Waals surface area contributed by atoms with Gasteiger partial charge in [-0.2, -0.15) is 0 Å². The van der Waals surface area contributed by atoms with Crippen molar-refractivity contribution in [2.24, 2.45) is 5.92 Å². The number of esters is 1. The monoisotopic (exact) mass is 412 g/mol. The number of carbonyl (C=O) groups excluding carboxylic acids is 1. The van der Waals surface area contributed by atoms with Crippen LogP contribution >= 0.6 is 0 Å². The van der Waals surface area contributed by atoms with Crippen LogP contribution < -0.4 is 10.6 Å². The molecule has 4 heteroatoms. The zero-order valence-corrected chi connectivity index (χ0v) is 19.2. The van der Waals surface area contributed by atoms with Gasteiger partial charge in [-0.3, -0.25) is 4.79 Å². The number of hydrogen-bond acceptors (Lipinski definition) is 4. The van der Waals surface area contributed by atoms with Crippen LogP contribution in [0.1, 0.15) is 78.2 Å². The second kappa shape index (κ2) is 10.6. The third-order valence-corrected chi connectivity index (χ3v) is 6.16. The zero-order valence-electron chi connectivity index (χ0n) is 19.2. The summed E-state index contributed by atoms with van der Waals surface area (Å²) in [5.41, 5.74) is 2.42. The van der Waals surface area contributed by atoms with E-state index in [1.165, 1.54) is 43.2 Å². The van der Waals surface area contributed by atoms with Crippen LogP contribution in [0, 0.1) is 5.92 Å². The van der Waals surface area contributed by atoms with Crippen molar-refractivity contribution >= 4 is 12.0 Å². The Balaban J connectivity index is 1.28. The van der Waals surface area contributed by atoms with Crippen molar-refractivity contribution in [3.63, 3.8) is 0 Å². The minimum absolute atomic E-state index is 0.0900. The molecule has 2 aliphatic carbocycles. The number of nitrogens with one attached hydrogen (secondary N) is 2. The topological polar surface area (TPSA) is 50.4 Å². The molecular weight excluding hydrogens is 372 g/mol. The average Bonchev–Trinajstić information content (AvgIpc) is 3.45. The first-order chi connectivity index (χ1) is 14.3. The highest BCUT2D eigenvalue weighted by molar-refractivity contribution is 5.69. The Bertz CT molecular complexity index is 699. The van der Waals surface area contributed by atoms with E-state index in [0.29, 0.717) is 30.5 Å². The molecule has 0 spiro atoms. The first-order valence-electron chi connectivity index (χ1n) is 11.7. The first kappa shape index (κ1) is 23.0. The summed E-state index contributed by atoms with van der Waals surface area (Å²) in [6.07, 6.45) is 9.90. The molecule has 0 saturated heterocycles. The standard InChI is InChI=1S/C26H40N2O2/c1-19(17-20-9-6-5-7-10-20)23-18-24(23)28-22-14-12-21(13-15-22)27-16-8-11-25(29)30-26(2,3)4/h5-7,9-10,17,21-24,27-28H,8,11-16,18H2,1-4H3/t21?,22?,23?,24-/m0/s1. The quantitative estimate of drug-likeness (QED) is 0.438. The predicted octanol–water partition coefficient (Wildman–Crippen LogP) is 5.09. The fraction of sp³-hybridized carbons (Fsp3) is 0.654. The number of hydrogen-bond donors (Lipinski definition) is 2. The third kappa shape index (κ3) is 7.88. The molecule has 4 nitrogen and oxygen atoms in total. The molecule has 30 heavy (non-hydrogen) atoms. The number of rotatable bonds is 9. The Labute approximate surface area is 182 Å². The highest BCUT2D eigenvalue weighted by Crippen LogP contribution is 2.39. The van der Waals surface area contributed by atoms with Crippen molar-refractivity contribution in [3.05, 3.63) is 41.5 Å². The lowest BCUT2D eigenvalue weighted by molar-refractivity contribution is -0.154. The molecule has 2 fully saturated rings. The van der Waals surface area contributed by atoms with Gasteiger partial charge in [-0.25, -0.2) is 0 Å². The largest absolute Gasteiger partial charge is 0.460 e. The van der Waals surface area contributed by atoms with Crippen LogP contribution in [0.25, 0.3) is 6.08 Å². The van der Waals surface area contributed by atoms with Crippen molar-refractivity contribution < 1.29 is 9.53 Å². The van der Waals surface area contributed by atoms with Crippen molar-refractivity contribution in [1.82, 2.24) is 10.6 Å². The highest BCUT2D eigenvalue weighted by Gasteiger charge is 2.39. The molecule has 0 bridgehead atoms. The summed E-state index contributed by atoms with van der Waals surface area (Å²) >= 11 is 0. The van der Waals surface area contributed by atoms with Gasteiger partial charge in [0.15, 0.2) is 0 Å². The van der Waals surface area contributed by atoms with Crippen LogP contribution in [0.5, 0.6) is 0 Å². The molecular formula is C26H40N2O2. The van der Waals surface area contributed by atoms with E-state index in [-0.39, 0.29) is 11.6 Å². The van der Waals surface area contributed by atoms with Crippen molar-refractivity contribution in [2.45, 2.75) is 96.4 Å². The second-order valence-corrected chi connectivity index (χ2v) is 10.1. The summed E-state index contributed by atoms with van der Waals surface area (Å²) in [4.78, 5) is 11.8. The van der Waals surface area contributed by atoms with Crippen molar-refractivity contribution in [3.8, 4) is 0 Å². The molecule has 2 atom stereocenters. The lowest BCUT2D eigenvalue weighted by Gasteiger charge is -2.30. The summed E-state index contributed by atoms with van der Waals surface area (Å²) in [6, 6.07) is 12.5. The molecule has 1 aromatic rings. The van der Waals surface area contributed by atoms with Gasteiger partial charge in [0.25, 0.3) is 0 Å². The smallest absolute Gasteiger partial charge is 0.306 e. The summed E-state index contributed by atoms with van der Waals surface area (Å²) < 4.78 is 5.37. The molecule has 2 saturated carbocycles. The number of carbonyl (C=O) groups is 1. The predicted molar refractivity (Wildman–Crippen MR) is 124 cm³/mol. The summed E-state index contributed by atoms with van der Waals surface area (Å²) in [7, 11) is 0. The first-order valence-corrected chi connectivity index (χ1v) is 11.7. The van der Waals surface area contributed by atoms with E-state index in [1.807, 2.05) is 20.8 Å². The maximum absolute atomic E-state index is 11.8. The molecule has 0 aliphatic heterocycles. The molecule has 166 valence electrons. The summed E-state index contributed by atoms with van der Waals surface area (Å²) in [5, 5.41) is 7.54. The van der Waals surface area contributed by atoms with Crippen LogP contribution in [0.4, 0.5) is 0 Å². The van der Waals surface area contributed by atoms with Crippen molar-refractivity contribution in [1.29, 1.82) is 0 Å². The molecule has 2 aliphatic rings. The van der Waals surface area contributed by atoms with Gasteiger partial charge in [-0.15, -0.1) is 0 Å². The van der Waals surface area contributed by atoms with Gasteiger partial charge in [0.2, 0.25) is 0 Å². The lowest BCUT2D eigenvalue weighted by atomic mass is 9.91. The van der Waals surface area contributed by atoms with Crippen molar-refractivity contribution in [2.75, 3.05) is 6.54 Å². The van der Waals surface area contributed by atoms with E-state index >= 15 is 0 Å². The normalized spacial score (nSPS) is 27.0. The molecule has 2 N–H and O–H groups in total. The minimum atomic E-state index is -0.383. The van der Waals surface area contributed by atoms with E-state index < -0.39 is 0 Å². The molecule has 3 rings (SSSR count). The van der Waals surface area contributed by atoms with Crippen LogP contribution in [-0.2, 0) is 9.53 Å². The SMILES string of the molecule is CC(=Cc1ccccc1)C1C[C@@H]1NC1CCC(NCCCC(=O)OC(C)(C)C)CC1. The van der Waals surface area contributed by atoms with Gasteiger partial charge in [-0.05, 0) is 84.2 Å². The fourth-order valence-electron chi connectivity index (χ4n) is 4.50.